The monoisotopic (exact) mass is 241 g/mol. The van der Waals surface area contributed by atoms with Crippen molar-refractivity contribution in [3.63, 3.8) is 0 Å². The van der Waals surface area contributed by atoms with E-state index in [0.29, 0.717) is 0 Å². The van der Waals surface area contributed by atoms with Crippen LogP contribution in [0.15, 0.2) is 6.07 Å². The second kappa shape index (κ2) is 4.11. The molecule has 0 radical (unpaired) electrons. The number of anilines is 1. The first-order chi connectivity index (χ1) is 6.83. The van der Waals surface area contributed by atoms with E-state index in [9.17, 15) is 13.2 Å². The summed E-state index contributed by atoms with van der Waals surface area (Å²) in [5.41, 5.74) is 10.6. The first-order valence-corrected chi connectivity index (χ1v) is 4.12. The van der Waals surface area contributed by atoms with Crippen LogP contribution in [0, 0.1) is 0 Å². The van der Waals surface area contributed by atoms with Gasteiger partial charge < -0.3 is 16.2 Å². The number of aromatic nitrogens is 1. The Morgan fingerprint density at radius 2 is 2.07 bits per heavy atom. The van der Waals surface area contributed by atoms with E-state index in [0.717, 1.165) is 6.07 Å². The van der Waals surface area contributed by atoms with Crippen LogP contribution in [0.2, 0.25) is 5.15 Å². The number of halogens is 4. The van der Waals surface area contributed by atoms with Crippen LogP contribution in [0.1, 0.15) is 5.56 Å². The zero-order valence-corrected chi connectivity index (χ0v) is 8.06. The lowest BCUT2D eigenvalue weighted by molar-refractivity contribution is -0.274. The molecule has 0 aliphatic carbocycles. The molecule has 1 rings (SSSR count). The van der Waals surface area contributed by atoms with Gasteiger partial charge in [0.15, 0.2) is 11.6 Å². The molecule has 0 saturated carbocycles. The Labute approximate surface area is 88.0 Å². The number of nitrogens with two attached hydrogens (primary N) is 2. The van der Waals surface area contributed by atoms with Crippen molar-refractivity contribution >= 4 is 17.4 Å². The highest BCUT2D eigenvalue weighted by Crippen LogP contribution is 2.30. The molecular formula is C7H7ClF3N3O. The summed E-state index contributed by atoms with van der Waals surface area (Å²) in [5.74, 6) is -1.04. The van der Waals surface area contributed by atoms with Crippen LogP contribution in [0.4, 0.5) is 19.0 Å². The Hall–Kier alpha value is -1.21. The summed E-state index contributed by atoms with van der Waals surface area (Å²) in [7, 11) is 0. The Morgan fingerprint density at radius 3 is 2.53 bits per heavy atom. The maximum Gasteiger partial charge on any atom is 0.573 e. The number of alkyl halides is 3. The van der Waals surface area contributed by atoms with Crippen molar-refractivity contribution in [2.24, 2.45) is 5.73 Å². The topological polar surface area (TPSA) is 74.2 Å². The molecule has 4 nitrogen and oxygen atoms in total. The molecule has 0 amide bonds. The van der Waals surface area contributed by atoms with Crippen LogP contribution in [0.25, 0.3) is 0 Å². The molecule has 0 unspecified atom stereocenters. The molecule has 0 spiro atoms. The second-order valence-electron chi connectivity index (χ2n) is 2.57. The van der Waals surface area contributed by atoms with Crippen molar-refractivity contribution in [1.29, 1.82) is 0 Å². The number of hydrogen-bond donors (Lipinski definition) is 2. The fourth-order valence-electron chi connectivity index (χ4n) is 0.874. The first kappa shape index (κ1) is 11.9. The average molecular weight is 242 g/mol. The van der Waals surface area contributed by atoms with E-state index in [1.807, 2.05) is 0 Å². The fraction of sp³-hybridized carbons (Fsp3) is 0.286. The van der Waals surface area contributed by atoms with Crippen molar-refractivity contribution < 1.29 is 17.9 Å². The van der Waals surface area contributed by atoms with E-state index in [2.05, 4.69) is 9.72 Å². The van der Waals surface area contributed by atoms with Crippen LogP contribution in [0.3, 0.4) is 0 Å². The number of pyridine rings is 1. The standard InChI is InChI=1S/C7H7ClF3N3O/c8-5-3(2-12)1-4(6(13)14-5)15-7(9,10)11/h1H,2,12H2,(H2,13,14). The molecule has 1 aromatic rings. The summed E-state index contributed by atoms with van der Waals surface area (Å²) in [5, 5.41) is -0.0375. The van der Waals surface area contributed by atoms with Gasteiger partial charge in [0.1, 0.15) is 5.15 Å². The smallest absolute Gasteiger partial charge is 0.402 e. The van der Waals surface area contributed by atoms with E-state index in [4.69, 9.17) is 23.1 Å². The van der Waals surface area contributed by atoms with Gasteiger partial charge in [0.05, 0.1) is 0 Å². The highest BCUT2D eigenvalue weighted by Gasteiger charge is 2.32. The Kier molecular flexibility index (Phi) is 3.25. The lowest BCUT2D eigenvalue weighted by atomic mass is 10.2. The molecule has 1 aromatic heterocycles. The average Bonchev–Trinajstić information content (AvgIpc) is 2.07. The molecular weight excluding hydrogens is 235 g/mol. The minimum absolute atomic E-state index is 0.0375. The molecule has 0 fully saturated rings. The quantitative estimate of drug-likeness (QED) is 0.773. The van der Waals surface area contributed by atoms with Crippen molar-refractivity contribution in [2.75, 3.05) is 5.73 Å². The molecule has 0 saturated heterocycles. The molecule has 0 aliphatic rings. The van der Waals surface area contributed by atoms with Crippen LogP contribution in [0.5, 0.6) is 5.75 Å². The third kappa shape index (κ3) is 3.14. The van der Waals surface area contributed by atoms with Crippen molar-refractivity contribution in [1.82, 2.24) is 4.98 Å². The first-order valence-electron chi connectivity index (χ1n) is 3.74. The number of nitrogen functional groups attached to an aromatic ring is 1. The second-order valence-corrected chi connectivity index (χ2v) is 2.93. The van der Waals surface area contributed by atoms with Crippen LogP contribution >= 0.6 is 11.6 Å². The molecule has 0 atom stereocenters. The number of ether oxygens (including phenoxy) is 1. The van der Waals surface area contributed by atoms with E-state index in [1.54, 1.807) is 0 Å². The molecule has 0 bridgehead atoms. The lowest BCUT2D eigenvalue weighted by Gasteiger charge is -2.12. The highest BCUT2D eigenvalue weighted by atomic mass is 35.5. The summed E-state index contributed by atoms with van der Waals surface area (Å²) in [4.78, 5) is 3.47. The van der Waals surface area contributed by atoms with E-state index >= 15 is 0 Å². The molecule has 0 aliphatic heterocycles. The third-order valence-corrected chi connectivity index (χ3v) is 1.81. The number of rotatable bonds is 2. The summed E-state index contributed by atoms with van der Waals surface area (Å²) in [6.45, 7) is -0.0552. The molecule has 8 heteroatoms. The minimum Gasteiger partial charge on any atom is -0.402 e. The maximum absolute atomic E-state index is 11.9. The van der Waals surface area contributed by atoms with Crippen LogP contribution in [-0.2, 0) is 6.54 Å². The lowest BCUT2D eigenvalue weighted by Crippen LogP contribution is -2.19. The summed E-state index contributed by atoms with van der Waals surface area (Å²) in [6.07, 6.45) is -4.82. The van der Waals surface area contributed by atoms with Crippen molar-refractivity contribution in [3.8, 4) is 5.75 Å². The fourth-order valence-corrected chi connectivity index (χ4v) is 1.10. The van der Waals surface area contributed by atoms with Gasteiger partial charge in [-0.05, 0) is 6.07 Å². The third-order valence-electron chi connectivity index (χ3n) is 1.49. The van der Waals surface area contributed by atoms with Gasteiger partial charge in [-0.25, -0.2) is 4.98 Å². The van der Waals surface area contributed by atoms with Gasteiger partial charge in [-0.1, -0.05) is 11.6 Å². The van der Waals surface area contributed by atoms with Gasteiger partial charge in [0.2, 0.25) is 0 Å². The number of nitrogens with zero attached hydrogens (tertiary/aromatic N) is 1. The van der Waals surface area contributed by atoms with Gasteiger partial charge >= 0.3 is 6.36 Å². The SMILES string of the molecule is NCc1cc(OC(F)(F)F)c(N)nc1Cl. The summed E-state index contributed by atoms with van der Waals surface area (Å²) in [6, 6.07) is 1.01. The molecule has 1 heterocycles. The van der Waals surface area contributed by atoms with E-state index in [-0.39, 0.29) is 17.3 Å². The normalized spacial score (nSPS) is 11.5. The van der Waals surface area contributed by atoms with Crippen molar-refractivity contribution in [3.05, 3.63) is 16.8 Å². The largest absolute Gasteiger partial charge is 0.573 e. The van der Waals surface area contributed by atoms with Gasteiger partial charge in [-0.2, -0.15) is 0 Å². The highest BCUT2D eigenvalue weighted by molar-refractivity contribution is 6.30. The molecule has 0 aromatic carbocycles. The Balaban J connectivity index is 3.08. The summed E-state index contributed by atoms with van der Waals surface area (Å²) >= 11 is 5.56. The maximum atomic E-state index is 11.9. The van der Waals surface area contributed by atoms with Gasteiger partial charge in [-0.15, -0.1) is 13.2 Å². The van der Waals surface area contributed by atoms with Crippen LogP contribution in [-0.4, -0.2) is 11.3 Å². The summed E-state index contributed by atoms with van der Waals surface area (Å²) < 4.78 is 39.3. The van der Waals surface area contributed by atoms with Gasteiger partial charge in [0.25, 0.3) is 0 Å². The molecule has 15 heavy (non-hydrogen) atoms. The van der Waals surface area contributed by atoms with E-state index < -0.39 is 17.9 Å². The minimum atomic E-state index is -4.82. The van der Waals surface area contributed by atoms with Crippen molar-refractivity contribution in [2.45, 2.75) is 12.9 Å². The number of hydrogen-bond acceptors (Lipinski definition) is 4. The Bertz CT molecular complexity index is 369. The predicted octanol–water partition coefficient (Wildman–Crippen LogP) is 1.67. The predicted molar refractivity (Wildman–Crippen MR) is 48.2 cm³/mol. The van der Waals surface area contributed by atoms with Gasteiger partial charge in [-0.3, -0.25) is 0 Å². The van der Waals surface area contributed by atoms with E-state index in [1.165, 1.54) is 0 Å². The zero-order chi connectivity index (χ0) is 11.6. The van der Waals surface area contributed by atoms with Gasteiger partial charge in [0, 0.05) is 12.1 Å². The molecule has 84 valence electrons. The zero-order valence-electron chi connectivity index (χ0n) is 7.31. The van der Waals surface area contributed by atoms with Crippen LogP contribution < -0.4 is 16.2 Å². The Morgan fingerprint density at radius 1 is 1.47 bits per heavy atom. The molecule has 4 N–H and O–H groups in total.